The Hall–Kier alpha value is -3.67. The molecule has 0 fully saturated rings. The van der Waals surface area contributed by atoms with E-state index >= 15 is 0 Å². The molecule has 9 nitrogen and oxygen atoms in total. The smallest absolute Gasteiger partial charge is 0.344 e. The first-order chi connectivity index (χ1) is 13.5. The Morgan fingerprint density at radius 2 is 2.21 bits per heavy atom. The molecule has 9 heteroatoms. The highest BCUT2D eigenvalue weighted by molar-refractivity contribution is 5.71. The first kappa shape index (κ1) is 19.1. The number of aromatic amines is 1. The number of aromatic nitrogens is 2. The van der Waals surface area contributed by atoms with Crippen LogP contribution in [0.4, 0.5) is 0 Å². The average molecular weight is 384 g/mol. The molecule has 1 aromatic heterocycles. The van der Waals surface area contributed by atoms with Crippen LogP contribution >= 0.6 is 0 Å². The molecule has 1 atom stereocenters. The second-order valence-corrected chi connectivity index (χ2v) is 6.00. The first-order valence-electron chi connectivity index (χ1n) is 8.58. The van der Waals surface area contributed by atoms with Gasteiger partial charge in [-0.25, -0.2) is 4.79 Å². The van der Waals surface area contributed by atoms with E-state index in [1.165, 1.54) is 7.11 Å². The number of benzene rings is 1. The fraction of sp³-hybridized carbons (Fsp3) is 0.316. The van der Waals surface area contributed by atoms with Crippen molar-refractivity contribution in [2.75, 3.05) is 20.3 Å². The summed E-state index contributed by atoms with van der Waals surface area (Å²) in [6, 6.07) is 7.30. The van der Waals surface area contributed by atoms with Crippen LogP contribution in [0.5, 0.6) is 17.4 Å². The number of H-pyrrole nitrogens is 1. The molecule has 0 saturated heterocycles. The van der Waals surface area contributed by atoms with E-state index < -0.39 is 11.9 Å². The van der Waals surface area contributed by atoms with Crippen molar-refractivity contribution < 1.29 is 23.7 Å². The molecule has 0 spiro atoms. The molecule has 0 unspecified atom stereocenters. The van der Waals surface area contributed by atoms with Crippen molar-refractivity contribution in [2.24, 2.45) is 5.73 Å². The third kappa shape index (κ3) is 3.44. The monoisotopic (exact) mass is 384 g/mol. The maximum absolute atomic E-state index is 11.5. The third-order valence-corrected chi connectivity index (χ3v) is 4.30. The Balaban J connectivity index is 1.98. The molecule has 0 radical (unpaired) electrons. The minimum Gasteiger partial charge on any atom is -0.493 e. The highest BCUT2D eigenvalue weighted by atomic mass is 16.6. The standard InChI is InChI=1S/C19H20N4O5/c1-4-26-15(24)9-27-13-6-5-11(7-14(13)25-3)17-12(8-20)18(21)28-19-16(17)10(2)22-23-19/h5-7,17H,4,9,21H2,1-3H3,(H,22,23)/t17-/m0/s1. The van der Waals surface area contributed by atoms with E-state index in [9.17, 15) is 10.1 Å². The van der Waals surface area contributed by atoms with Crippen molar-refractivity contribution in [2.45, 2.75) is 19.8 Å². The van der Waals surface area contributed by atoms with E-state index in [4.69, 9.17) is 24.7 Å². The summed E-state index contributed by atoms with van der Waals surface area (Å²) in [6.45, 7) is 3.60. The number of methoxy groups -OCH3 is 1. The Bertz CT molecular complexity index is 973. The van der Waals surface area contributed by atoms with Crippen molar-refractivity contribution in [1.29, 1.82) is 5.26 Å². The first-order valence-corrected chi connectivity index (χ1v) is 8.58. The number of carbonyl (C=O) groups is 1. The van der Waals surface area contributed by atoms with Crippen LogP contribution < -0.4 is 19.9 Å². The van der Waals surface area contributed by atoms with Gasteiger partial charge in [0.15, 0.2) is 18.1 Å². The summed E-state index contributed by atoms with van der Waals surface area (Å²) in [6.07, 6.45) is 0. The van der Waals surface area contributed by atoms with Gasteiger partial charge >= 0.3 is 5.97 Å². The normalized spacial score (nSPS) is 15.3. The van der Waals surface area contributed by atoms with Crippen LogP contribution in [0.2, 0.25) is 0 Å². The van der Waals surface area contributed by atoms with Crippen molar-refractivity contribution in [3.8, 4) is 23.4 Å². The molecular weight excluding hydrogens is 364 g/mol. The summed E-state index contributed by atoms with van der Waals surface area (Å²) in [5, 5.41) is 16.6. The SMILES string of the molecule is CCOC(=O)COc1ccc([C@H]2C(C#N)=C(N)Oc3n[nH]c(C)c32)cc1OC. The van der Waals surface area contributed by atoms with Crippen molar-refractivity contribution in [3.05, 3.63) is 46.5 Å². The minimum absolute atomic E-state index is 0.00750. The van der Waals surface area contributed by atoms with Crippen molar-refractivity contribution in [3.63, 3.8) is 0 Å². The number of aryl methyl sites for hydroxylation is 1. The second kappa shape index (κ2) is 7.92. The molecule has 0 saturated carbocycles. The molecule has 0 aliphatic carbocycles. The van der Waals surface area contributed by atoms with Gasteiger partial charge in [-0.3, -0.25) is 5.10 Å². The molecule has 2 heterocycles. The number of nitrogens with zero attached hydrogens (tertiary/aromatic N) is 2. The van der Waals surface area contributed by atoms with Gasteiger partial charge in [-0.05, 0) is 31.5 Å². The summed E-state index contributed by atoms with van der Waals surface area (Å²) in [4.78, 5) is 11.5. The molecule has 3 rings (SSSR count). The van der Waals surface area contributed by atoms with Crippen LogP contribution in [0.3, 0.4) is 0 Å². The van der Waals surface area contributed by atoms with Gasteiger partial charge in [-0.2, -0.15) is 5.26 Å². The summed E-state index contributed by atoms with van der Waals surface area (Å²) in [5.74, 6) is 0.186. The summed E-state index contributed by atoms with van der Waals surface area (Å²) >= 11 is 0. The Morgan fingerprint density at radius 1 is 1.43 bits per heavy atom. The van der Waals surface area contributed by atoms with E-state index in [1.807, 2.05) is 6.92 Å². The average Bonchev–Trinajstić information content (AvgIpc) is 3.05. The van der Waals surface area contributed by atoms with Gasteiger partial charge in [0.1, 0.15) is 11.6 Å². The number of rotatable bonds is 6. The van der Waals surface area contributed by atoms with Gasteiger partial charge in [-0.1, -0.05) is 6.07 Å². The van der Waals surface area contributed by atoms with Crippen LogP contribution in [0.1, 0.15) is 29.7 Å². The number of esters is 1. The molecular formula is C19H20N4O5. The number of hydrogen-bond donors (Lipinski definition) is 2. The highest BCUT2D eigenvalue weighted by Gasteiger charge is 2.34. The van der Waals surface area contributed by atoms with E-state index in [1.54, 1.807) is 25.1 Å². The number of ether oxygens (including phenoxy) is 4. The number of nitrogens with one attached hydrogen (secondary N) is 1. The summed E-state index contributed by atoms with van der Waals surface area (Å²) in [7, 11) is 1.49. The molecule has 3 N–H and O–H groups in total. The Kier molecular flexibility index (Phi) is 5.40. The molecule has 28 heavy (non-hydrogen) atoms. The lowest BCUT2D eigenvalue weighted by Gasteiger charge is -2.24. The van der Waals surface area contributed by atoms with Crippen LogP contribution in [-0.4, -0.2) is 36.5 Å². The zero-order valence-corrected chi connectivity index (χ0v) is 15.7. The maximum Gasteiger partial charge on any atom is 0.344 e. The fourth-order valence-corrected chi connectivity index (χ4v) is 3.05. The number of hydrogen-bond acceptors (Lipinski definition) is 8. The van der Waals surface area contributed by atoms with Gasteiger partial charge in [-0.15, -0.1) is 5.10 Å². The van der Waals surface area contributed by atoms with Gasteiger partial charge in [0, 0.05) is 11.3 Å². The topological polar surface area (TPSA) is 132 Å². The van der Waals surface area contributed by atoms with Crippen LogP contribution in [0.25, 0.3) is 0 Å². The van der Waals surface area contributed by atoms with Crippen molar-refractivity contribution >= 4 is 5.97 Å². The molecule has 0 amide bonds. The van der Waals surface area contributed by atoms with Crippen LogP contribution in [0, 0.1) is 18.3 Å². The van der Waals surface area contributed by atoms with Gasteiger partial charge in [0.2, 0.25) is 11.8 Å². The lowest BCUT2D eigenvalue weighted by molar-refractivity contribution is -0.145. The molecule has 1 aliphatic heterocycles. The molecule has 2 aromatic rings. The zero-order chi connectivity index (χ0) is 20.3. The number of carbonyl (C=O) groups excluding carboxylic acids is 1. The molecule has 146 valence electrons. The van der Waals surface area contributed by atoms with Crippen LogP contribution in [-0.2, 0) is 9.53 Å². The van der Waals surface area contributed by atoms with Crippen LogP contribution in [0.15, 0.2) is 29.7 Å². The van der Waals surface area contributed by atoms with E-state index in [0.29, 0.717) is 17.4 Å². The quantitative estimate of drug-likeness (QED) is 0.722. The molecule has 1 aromatic carbocycles. The van der Waals surface area contributed by atoms with E-state index in [-0.39, 0.29) is 24.7 Å². The maximum atomic E-state index is 11.5. The van der Waals surface area contributed by atoms with Gasteiger partial charge in [0.05, 0.1) is 19.6 Å². The number of nitriles is 1. The largest absolute Gasteiger partial charge is 0.493 e. The Labute approximate surface area is 161 Å². The number of allylic oxidation sites excluding steroid dienone is 1. The lowest BCUT2D eigenvalue weighted by atomic mass is 9.84. The lowest BCUT2D eigenvalue weighted by Crippen LogP contribution is -2.21. The molecule has 0 bridgehead atoms. The Morgan fingerprint density at radius 3 is 2.89 bits per heavy atom. The highest BCUT2D eigenvalue weighted by Crippen LogP contribution is 2.44. The van der Waals surface area contributed by atoms with Crippen molar-refractivity contribution in [1.82, 2.24) is 10.2 Å². The second-order valence-electron chi connectivity index (χ2n) is 6.00. The van der Waals surface area contributed by atoms with E-state index in [0.717, 1.165) is 16.8 Å². The number of nitrogens with two attached hydrogens (primary N) is 1. The fourth-order valence-electron chi connectivity index (χ4n) is 3.05. The molecule has 1 aliphatic rings. The third-order valence-electron chi connectivity index (χ3n) is 4.30. The minimum atomic E-state index is -0.473. The van der Waals surface area contributed by atoms with E-state index in [2.05, 4.69) is 16.3 Å². The summed E-state index contributed by atoms with van der Waals surface area (Å²) < 4.78 is 21.2. The predicted octanol–water partition coefficient (Wildman–Crippen LogP) is 1.89. The van der Waals surface area contributed by atoms with Gasteiger partial charge < -0.3 is 24.7 Å². The zero-order valence-electron chi connectivity index (χ0n) is 15.7. The number of fused-ring (bicyclic) bond motifs is 1. The predicted molar refractivity (Wildman–Crippen MR) is 97.7 cm³/mol. The van der Waals surface area contributed by atoms with Gasteiger partial charge in [0.25, 0.3) is 0 Å². The summed E-state index contributed by atoms with van der Waals surface area (Å²) in [5.41, 5.74) is 8.44.